The smallest absolute Gasteiger partial charge is 0.260 e. The van der Waals surface area contributed by atoms with Crippen molar-refractivity contribution in [2.24, 2.45) is 5.92 Å². The summed E-state index contributed by atoms with van der Waals surface area (Å²) in [7, 11) is 2.12. The van der Waals surface area contributed by atoms with Gasteiger partial charge in [-0.1, -0.05) is 12.1 Å². The van der Waals surface area contributed by atoms with Crippen LogP contribution in [0.4, 0.5) is 0 Å². The highest BCUT2D eigenvalue weighted by atomic mass is 16.5. The summed E-state index contributed by atoms with van der Waals surface area (Å²) in [6.45, 7) is 8.10. The minimum atomic E-state index is 0.0677. The molecule has 0 aliphatic carbocycles. The van der Waals surface area contributed by atoms with E-state index in [1.54, 1.807) is 0 Å². The van der Waals surface area contributed by atoms with E-state index in [-0.39, 0.29) is 18.6 Å². The summed E-state index contributed by atoms with van der Waals surface area (Å²) < 4.78 is 11.5. The second-order valence-corrected chi connectivity index (χ2v) is 6.78. The molecule has 2 fully saturated rings. The summed E-state index contributed by atoms with van der Waals surface area (Å²) in [5.41, 5.74) is 2.28. The Bertz CT molecular complexity index is 575. The summed E-state index contributed by atoms with van der Waals surface area (Å²) in [5.74, 6) is 1.25. The van der Waals surface area contributed by atoms with Crippen molar-refractivity contribution in [2.75, 3.05) is 46.5 Å². The predicted molar refractivity (Wildman–Crippen MR) is 88.7 cm³/mol. The molecule has 2 saturated heterocycles. The van der Waals surface area contributed by atoms with Gasteiger partial charge in [-0.05, 0) is 38.1 Å². The van der Waals surface area contributed by atoms with Crippen molar-refractivity contribution < 1.29 is 14.3 Å². The van der Waals surface area contributed by atoms with E-state index in [2.05, 4.69) is 24.9 Å². The molecular weight excluding hydrogens is 292 g/mol. The molecule has 1 aromatic carbocycles. The summed E-state index contributed by atoms with van der Waals surface area (Å²) in [4.78, 5) is 16.9. The summed E-state index contributed by atoms with van der Waals surface area (Å²) in [5, 5.41) is 0. The van der Waals surface area contributed by atoms with Gasteiger partial charge in [0.1, 0.15) is 5.75 Å². The number of carbonyl (C=O) groups is 1. The summed E-state index contributed by atoms with van der Waals surface area (Å²) in [6, 6.07) is 6.22. The molecule has 0 saturated carbocycles. The van der Waals surface area contributed by atoms with E-state index in [9.17, 15) is 4.79 Å². The van der Waals surface area contributed by atoms with Crippen LogP contribution in [0, 0.1) is 19.8 Å². The molecule has 2 bridgehead atoms. The maximum atomic E-state index is 12.6. The van der Waals surface area contributed by atoms with Gasteiger partial charge in [-0.15, -0.1) is 0 Å². The van der Waals surface area contributed by atoms with Crippen molar-refractivity contribution in [3.8, 4) is 5.75 Å². The van der Waals surface area contributed by atoms with Gasteiger partial charge in [0.15, 0.2) is 6.61 Å². The Balaban J connectivity index is 1.63. The number of fused-ring (bicyclic) bond motifs is 3. The average Bonchev–Trinajstić information content (AvgIpc) is 2.77. The lowest BCUT2D eigenvalue weighted by molar-refractivity contribution is -0.135. The van der Waals surface area contributed by atoms with Gasteiger partial charge in [-0.3, -0.25) is 9.69 Å². The van der Waals surface area contributed by atoms with Gasteiger partial charge in [0, 0.05) is 25.6 Å². The largest absolute Gasteiger partial charge is 0.483 e. The Labute approximate surface area is 138 Å². The van der Waals surface area contributed by atoms with Gasteiger partial charge >= 0.3 is 0 Å². The first kappa shape index (κ1) is 16.3. The predicted octanol–water partition coefficient (Wildman–Crippen LogP) is 1.47. The summed E-state index contributed by atoms with van der Waals surface area (Å²) >= 11 is 0. The zero-order valence-electron chi connectivity index (χ0n) is 14.2. The number of rotatable bonds is 3. The number of amides is 1. The molecule has 2 heterocycles. The van der Waals surface area contributed by atoms with Crippen molar-refractivity contribution in [1.82, 2.24) is 9.80 Å². The molecule has 1 aromatic rings. The lowest BCUT2D eigenvalue weighted by atomic mass is 10.1. The van der Waals surface area contributed by atoms with Crippen LogP contribution in [0.2, 0.25) is 0 Å². The maximum Gasteiger partial charge on any atom is 0.260 e. The van der Waals surface area contributed by atoms with Crippen molar-refractivity contribution >= 4 is 5.91 Å². The normalized spacial score (nSPS) is 25.1. The highest BCUT2D eigenvalue weighted by Crippen LogP contribution is 2.21. The second kappa shape index (κ2) is 6.89. The molecule has 1 amide bonds. The third-order valence-corrected chi connectivity index (χ3v) is 5.00. The average molecular weight is 318 g/mol. The quantitative estimate of drug-likeness (QED) is 0.846. The lowest BCUT2D eigenvalue weighted by Gasteiger charge is -2.29. The molecule has 0 N–H and O–H groups in total. The van der Waals surface area contributed by atoms with Crippen LogP contribution in [0.15, 0.2) is 18.2 Å². The Hall–Kier alpha value is -1.59. The molecule has 0 unspecified atom stereocenters. The van der Waals surface area contributed by atoms with Crippen LogP contribution in [0.3, 0.4) is 0 Å². The Morgan fingerprint density at radius 2 is 2.09 bits per heavy atom. The first-order valence-electron chi connectivity index (χ1n) is 8.29. The van der Waals surface area contributed by atoms with E-state index in [4.69, 9.17) is 9.47 Å². The number of likely N-dealkylation sites (N-methyl/N-ethyl adjacent to an activating group) is 1. The van der Waals surface area contributed by atoms with E-state index in [1.165, 1.54) is 5.56 Å². The van der Waals surface area contributed by atoms with Crippen LogP contribution >= 0.6 is 0 Å². The highest BCUT2D eigenvalue weighted by Gasteiger charge is 2.33. The van der Waals surface area contributed by atoms with Crippen molar-refractivity contribution in [3.05, 3.63) is 29.3 Å². The van der Waals surface area contributed by atoms with E-state index in [0.29, 0.717) is 12.5 Å². The number of nitrogens with zero attached hydrogens (tertiary/aromatic N) is 2. The summed E-state index contributed by atoms with van der Waals surface area (Å²) in [6.07, 6.45) is 0. The number of benzene rings is 1. The number of hydrogen-bond acceptors (Lipinski definition) is 4. The number of carbonyl (C=O) groups excluding carboxylic acids is 1. The molecule has 2 aliphatic heterocycles. The standard InChI is InChI=1S/C18H26N2O3/c1-13-5-4-6-17(14(13)2)23-12-18(21)20-8-15-7-19(3)16(9-20)11-22-10-15/h4-6,15-16H,7-12H2,1-3H3/t15-,16+/m1/s1. The van der Waals surface area contributed by atoms with Gasteiger partial charge in [0.2, 0.25) is 0 Å². The fourth-order valence-electron chi connectivity index (χ4n) is 3.37. The third-order valence-electron chi connectivity index (χ3n) is 5.00. The minimum Gasteiger partial charge on any atom is -0.483 e. The van der Waals surface area contributed by atoms with Gasteiger partial charge < -0.3 is 14.4 Å². The second-order valence-electron chi connectivity index (χ2n) is 6.78. The Morgan fingerprint density at radius 3 is 2.91 bits per heavy atom. The number of ether oxygens (including phenoxy) is 2. The molecule has 2 atom stereocenters. The molecule has 0 radical (unpaired) electrons. The fourth-order valence-corrected chi connectivity index (χ4v) is 3.37. The molecule has 23 heavy (non-hydrogen) atoms. The molecule has 0 spiro atoms. The van der Waals surface area contributed by atoms with Crippen LogP contribution in [0.1, 0.15) is 11.1 Å². The van der Waals surface area contributed by atoms with Gasteiger partial charge in [0.25, 0.3) is 5.91 Å². The monoisotopic (exact) mass is 318 g/mol. The third kappa shape index (κ3) is 3.67. The SMILES string of the molecule is Cc1cccc(OCC(=O)N2C[C@@H]3COC[C@H](C2)N(C)C3)c1C. The van der Waals surface area contributed by atoms with Gasteiger partial charge in [0.05, 0.1) is 19.3 Å². The van der Waals surface area contributed by atoms with E-state index in [0.717, 1.165) is 37.6 Å². The van der Waals surface area contributed by atoms with E-state index < -0.39 is 0 Å². The van der Waals surface area contributed by atoms with Crippen LogP contribution < -0.4 is 4.74 Å². The lowest BCUT2D eigenvalue weighted by Crippen LogP contribution is -2.46. The van der Waals surface area contributed by atoms with Crippen LogP contribution in [0.25, 0.3) is 0 Å². The first-order valence-corrected chi connectivity index (χ1v) is 8.29. The van der Waals surface area contributed by atoms with Crippen molar-refractivity contribution in [2.45, 2.75) is 19.9 Å². The van der Waals surface area contributed by atoms with E-state index >= 15 is 0 Å². The van der Waals surface area contributed by atoms with Crippen LogP contribution in [-0.2, 0) is 9.53 Å². The van der Waals surface area contributed by atoms with Crippen molar-refractivity contribution in [1.29, 1.82) is 0 Å². The molecule has 0 aromatic heterocycles. The Kier molecular flexibility index (Phi) is 4.87. The maximum absolute atomic E-state index is 12.6. The zero-order valence-corrected chi connectivity index (χ0v) is 14.2. The number of hydrogen-bond donors (Lipinski definition) is 0. The molecule has 5 nitrogen and oxygen atoms in total. The van der Waals surface area contributed by atoms with Crippen LogP contribution in [-0.4, -0.2) is 68.3 Å². The number of aryl methyl sites for hydroxylation is 1. The molecule has 126 valence electrons. The van der Waals surface area contributed by atoms with Crippen molar-refractivity contribution in [3.63, 3.8) is 0 Å². The van der Waals surface area contributed by atoms with E-state index in [1.807, 2.05) is 24.0 Å². The molecule has 3 rings (SSSR count). The molecular formula is C18H26N2O3. The Morgan fingerprint density at radius 1 is 1.26 bits per heavy atom. The zero-order chi connectivity index (χ0) is 16.4. The molecule has 2 aliphatic rings. The van der Waals surface area contributed by atoms with Gasteiger partial charge in [-0.25, -0.2) is 0 Å². The van der Waals surface area contributed by atoms with Crippen LogP contribution in [0.5, 0.6) is 5.75 Å². The first-order chi connectivity index (χ1) is 11.0. The highest BCUT2D eigenvalue weighted by molar-refractivity contribution is 5.78. The fraction of sp³-hybridized carbons (Fsp3) is 0.611. The van der Waals surface area contributed by atoms with Gasteiger partial charge in [-0.2, -0.15) is 0 Å². The minimum absolute atomic E-state index is 0.0677. The molecule has 5 heteroatoms. The topological polar surface area (TPSA) is 42.0 Å².